The number of aromatic nitrogens is 2. The molecule has 1 aromatic carbocycles. The number of nitrogens with zero attached hydrogens (tertiary/aromatic N) is 3. The lowest BCUT2D eigenvalue weighted by Gasteiger charge is -2.33. The topological polar surface area (TPSA) is 106 Å². The average molecular weight is 430 g/mol. The molecule has 1 fully saturated rings. The van der Waals surface area contributed by atoms with Gasteiger partial charge in [-0.15, -0.1) is 0 Å². The number of carbonyl (C=O) groups excluding carboxylic acids is 2. The normalized spacial score (nSPS) is 14.6. The van der Waals surface area contributed by atoms with Crippen LogP contribution >= 0.6 is 0 Å². The lowest BCUT2D eigenvalue weighted by atomic mass is 10.1. The number of esters is 1. The van der Waals surface area contributed by atoms with E-state index in [2.05, 4.69) is 29.5 Å². The SMILES string of the molecule is CCOC(=O)CNC(=O)NC1CCN(c2nc3ccccc3n(CC(C)C)c2=O)CC1. The zero-order chi connectivity index (χ0) is 22.4. The van der Waals surface area contributed by atoms with E-state index in [1.165, 1.54) is 0 Å². The fourth-order valence-electron chi connectivity index (χ4n) is 3.77. The van der Waals surface area contributed by atoms with Crippen LogP contribution in [0.4, 0.5) is 10.6 Å². The molecule has 0 radical (unpaired) electrons. The van der Waals surface area contributed by atoms with Gasteiger partial charge in [-0.1, -0.05) is 26.0 Å². The lowest BCUT2D eigenvalue weighted by Crippen LogP contribution is -2.49. The second-order valence-electron chi connectivity index (χ2n) is 8.13. The summed E-state index contributed by atoms with van der Waals surface area (Å²) in [5, 5.41) is 5.39. The quantitative estimate of drug-likeness (QED) is 0.651. The molecule has 0 bridgehead atoms. The number of benzene rings is 1. The highest BCUT2D eigenvalue weighted by atomic mass is 16.5. The van der Waals surface area contributed by atoms with Crippen LogP contribution in [0.3, 0.4) is 0 Å². The van der Waals surface area contributed by atoms with Gasteiger partial charge in [-0.05, 0) is 37.8 Å². The van der Waals surface area contributed by atoms with Crippen molar-refractivity contribution in [2.24, 2.45) is 5.92 Å². The van der Waals surface area contributed by atoms with Crippen LogP contribution in [-0.2, 0) is 16.1 Å². The molecule has 168 valence electrons. The minimum absolute atomic E-state index is 0.0307. The Morgan fingerprint density at radius 1 is 1.23 bits per heavy atom. The number of urea groups is 1. The maximum atomic E-state index is 13.2. The molecule has 2 aromatic rings. The van der Waals surface area contributed by atoms with Gasteiger partial charge in [0.1, 0.15) is 6.54 Å². The van der Waals surface area contributed by atoms with Gasteiger partial charge < -0.3 is 24.8 Å². The predicted octanol–water partition coefficient (Wildman–Crippen LogP) is 1.88. The van der Waals surface area contributed by atoms with Gasteiger partial charge in [-0.2, -0.15) is 0 Å². The number of ether oxygens (including phenoxy) is 1. The Labute approximate surface area is 181 Å². The molecule has 0 saturated carbocycles. The second kappa shape index (κ2) is 10.3. The van der Waals surface area contributed by atoms with Gasteiger partial charge in [0, 0.05) is 25.7 Å². The van der Waals surface area contributed by atoms with Crippen LogP contribution < -0.4 is 21.1 Å². The Kier molecular flexibility index (Phi) is 7.49. The summed E-state index contributed by atoms with van der Waals surface area (Å²) in [7, 11) is 0. The molecule has 0 aliphatic carbocycles. The van der Waals surface area contributed by atoms with E-state index in [-0.39, 0.29) is 24.8 Å². The molecule has 9 nitrogen and oxygen atoms in total. The molecule has 1 saturated heterocycles. The Bertz CT molecular complexity index is 980. The van der Waals surface area contributed by atoms with E-state index in [1.54, 1.807) is 6.92 Å². The molecule has 31 heavy (non-hydrogen) atoms. The van der Waals surface area contributed by atoms with Crippen molar-refractivity contribution >= 4 is 28.9 Å². The van der Waals surface area contributed by atoms with Gasteiger partial charge in [0.2, 0.25) is 0 Å². The Morgan fingerprint density at radius 2 is 1.94 bits per heavy atom. The van der Waals surface area contributed by atoms with E-state index in [9.17, 15) is 14.4 Å². The highest BCUT2D eigenvalue weighted by molar-refractivity contribution is 5.81. The fraction of sp³-hybridized carbons (Fsp3) is 0.545. The monoisotopic (exact) mass is 429 g/mol. The summed E-state index contributed by atoms with van der Waals surface area (Å²) in [6, 6.07) is 7.28. The lowest BCUT2D eigenvalue weighted by molar-refractivity contribution is -0.141. The summed E-state index contributed by atoms with van der Waals surface area (Å²) >= 11 is 0. The Morgan fingerprint density at radius 3 is 2.61 bits per heavy atom. The predicted molar refractivity (Wildman–Crippen MR) is 119 cm³/mol. The smallest absolute Gasteiger partial charge is 0.325 e. The number of para-hydroxylation sites is 2. The van der Waals surface area contributed by atoms with Gasteiger partial charge in [0.05, 0.1) is 17.6 Å². The first-order valence-electron chi connectivity index (χ1n) is 10.8. The van der Waals surface area contributed by atoms with Crippen molar-refractivity contribution < 1.29 is 14.3 Å². The Hall–Kier alpha value is -3.10. The van der Waals surface area contributed by atoms with Crippen molar-refractivity contribution in [2.45, 2.75) is 46.2 Å². The summed E-state index contributed by atoms with van der Waals surface area (Å²) in [6.07, 6.45) is 1.37. The first-order chi connectivity index (χ1) is 14.9. The molecule has 2 heterocycles. The largest absolute Gasteiger partial charge is 0.465 e. The molecule has 9 heteroatoms. The van der Waals surface area contributed by atoms with Crippen molar-refractivity contribution in [3.05, 3.63) is 34.6 Å². The maximum Gasteiger partial charge on any atom is 0.325 e. The zero-order valence-corrected chi connectivity index (χ0v) is 18.4. The molecule has 2 amide bonds. The highest BCUT2D eigenvalue weighted by Crippen LogP contribution is 2.19. The first kappa shape index (κ1) is 22.6. The van der Waals surface area contributed by atoms with Gasteiger partial charge in [-0.3, -0.25) is 9.59 Å². The van der Waals surface area contributed by atoms with Crippen LogP contribution in [0.25, 0.3) is 11.0 Å². The minimum Gasteiger partial charge on any atom is -0.465 e. The van der Waals surface area contributed by atoms with Crippen molar-refractivity contribution in [3.63, 3.8) is 0 Å². The summed E-state index contributed by atoms with van der Waals surface area (Å²) in [4.78, 5) is 43.2. The van der Waals surface area contributed by atoms with Crippen LogP contribution in [0, 0.1) is 5.92 Å². The number of rotatable bonds is 7. The fourth-order valence-corrected chi connectivity index (χ4v) is 3.77. The van der Waals surface area contributed by atoms with Gasteiger partial charge in [0.15, 0.2) is 5.82 Å². The third-order valence-electron chi connectivity index (χ3n) is 5.21. The molecule has 1 aliphatic heterocycles. The third kappa shape index (κ3) is 5.74. The van der Waals surface area contributed by atoms with Crippen molar-refractivity contribution in [2.75, 3.05) is 31.1 Å². The summed E-state index contributed by atoms with van der Waals surface area (Å²) < 4.78 is 6.61. The van der Waals surface area contributed by atoms with Crippen molar-refractivity contribution in [1.29, 1.82) is 0 Å². The molecule has 0 spiro atoms. The Balaban J connectivity index is 1.65. The number of hydrogen-bond donors (Lipinski definition) is 2. The zero-order valence-electron chi connectivity index (χ0n) is 18.4. The number of nitrogens with one attached hydrogen (secondary N) is 2. The van der Waals surface area contributed by atoms with Crippen LogP contribution in [0.1, 0.15) is 33.6 Å². The molecule has 0 unspecified atom stereocenters. The van der Waals surface area contributed by atoms with Gasteiger partial charge in [-0.25, -0.2) is 9.78 Å². The highest BCUT2D eigenvalue weighted by Gasteiger charge is 2.25. The number of amides is 2. The van der Waals surface area contributed by atoms with E-state index < -0.39 is 12.0 Å². The van der Waals surface area contributed by atoms with Crippen LogP contribution in [0.15, 0.2) is 29.1 Å². The number of hydrogen-bond acceptors (Lipinski definition) is 6. The average Bonchev–Trinajstić information content (AvgIpc) is 2.75. The second-order valence-corrected chi connectivity index (χ2v) is 8.13. The molecular weight excluding hydrogens is 398 g/mol. The molecule has 2 N–H and O–H groups in total. The van der Waals surface area contributed by atoms with Gasteiger partial charge >= 0.3 is 12.0 Å². The van der Waals surface area contributed by atoms with Gasteiger partial charge in [0.25, 0.3) is 5.56 Å². The number of piperidine rings is 1. The number of fused-ring (bicyclic) bond motifs is 1. The number of anilines is 1. The maximum absolute atomic E-state index is 13.2. The molecule has 0 atom stereocenters. The number of carbonyl (C=O) groups is 2. The minimum atomic E-state index is -0.465. The van der Waals surface area contributed by atoms with Crippen LogP contribution in [-0.4, -0.2) is 53.8 Å². The standard InChI is InChI=1S/C22H31N5O4/c1-4-31-19(28)13-23-22(30)24-16-9-11-26(12-10-16)20-21(29)27(14-15(2)3)18-8-6-5-7-17(18)25-20/h5-8,15-16H,4,9-14H2,1-3H3,(H2,23,24,30). The van der Waals surface area contributed by atoms with E-state index in [4.69, 9.17) is 4.74 Å². The molecule has 1 aromatic heterocycles. The first-order valence-corrected chi connectivity index (χ1v) is 10.8. The molecule has 3 rings (SSSR count). The van der Waals surface area contributed by atoms with Crippen LogP contribution in [0.2, 0.25) is 0 Å². The van der Waals surface area contributed by atoms with Crippen molar-refractivity contribution in [3.8, 4) is 0 Å². The third-order valence-corrected chi connectivity index (χ3v) is 5.21. The van der Waals surface area contributed by atoms with E-state index >= 15 is 0 Å². The molecular formula is C22H31N5O4. The summed E-state index contributed by atoms with van der Waals surface area (Å²) in [6.45, 7) is 7.88. The molecule has 1 aliphatic rings. The van der Waals surface area contributed by atoms with E-state index in [0.717, 1.165) is 11.0 Å². The van der Waals surface area contributed by atoms with E-state index in [1.807, 2.05) is 33.7 Å². The van der Waals surface area contributed by atoms with Crippen molar-refractivity contribution in [1.82, 2.24) is 20.2 Å². The van der Waals surface area contributed by atoms with Crippen LogP contribution in [0.5, 0.6) is 0 Å². The van der Waals surface area contributed by atoms with E-state index in [0.29, 0.717) is 44.2 Å². The summed E-state index contributed by atoms with van der Waals surface area (Å²) in [5.74, 6) is 0.330. The summed E-state index contributed by atoms with van der Waals surface area (Å²) in [5.41, 5.74) is 1.57.